The smallest absolute Gasteiger partial charge is 0.261 e. The first kappa shape index (κ1) is 19.8. The van der Waals surface area contributed by atoms with Gasteiger partial charge in [0.2, 0.25) is 0 Å². The molecule has 6 nitrogen and oxygen atoms in total. The summed E-state index contributed by atoms with van der Waals surface area (Å²) in [6, 6.07) is 11.6. The van der Waals surface area contributed by atoms with Crippen molar-refractivity contribution < 1.29 is 9.53 Å². The van der Waals surface area contributed by atoms with E-state index in [1.807, 2.05) is 48.7 Å². The summed E-state index contributed by atoms with van der Waals surface area (Å²) in [6.45, 7) is 4.78. The molecule has 2 rings (SSSR count). The molecule has 0 aliphatic rings. The molecule has 0 saturated carbocycles. The van der Waals surface area contributed by atoms with Crippen LogP contribution in [0, 0.1) is 0 Å². The number of nitrogens with one attached hydrogen (secondary N) is 3. The number of carbonyl (C=O) groups is 1. The highest BCUT2D eigenvalue weighted by Crippen LogP contribution is 2.11. The number of hydrogen-bond donors (Lipinski definition) is 3. The number of thiophene rings is 1. The number of amides is 1. The number of rotatable bonds is 9. The fourth-order valence-electron chi connectivity index (χ4n) is 2.24. The summed E-state index contributed by atoms with van der Waals surface area (Å²) in [4.78, 5) is 17.2. The predicted octanol–water partition coefficient (Wildman–Crippen LogP) is 2.63. The zero-order chi connectivity index (χ0) is 18.6. The monoisotopic (exact) mass is 374 g/mol. The summed E-state index contributed by atoms with van der Waals surface area (Å²) < 4.78 is 5.16. The van der Waals surface area contributed by atoms with E-state index in [-0.39, 0.29) is 5.91 Å². The lowest BCUT2D eigenvalue weighted by atomic mass is 10.2. The van der Waals surface area contributed by atoms with E-state index in [2.05, 4.69) is 20.9 Å². The number of methoxy groups -OCH3 is 1. The van der Waals surface area contributed by atoms with E-state index in [0.717, 1.165) is 41.7 Å². The van der Waals surface area contributed by atoms with Crippen LogP contribution in [-0.2, 0) is 6.54 Å². The molecule has 1 aromatic carbocycles. The molecule has 0 atom stereocenters. The Labute approximate surface area is 158 Å². The number of nitrogens with zero attached hydrogens (tertiary/aromatic N) is 1. The molecule has 0 aliphatic heterocycles. The van der Waals surface area contributed by atoms with Crippen LogP contribution in [0.3, 0.4) is 0 Å². The number of guanidine groups is 1. The zero-order valence-corrected chi connectivity index (χ0v) is 16.1. The lowest BCUT2D eigenvalue weighted by Crippen LogP contribution is -2.38. The second kappa shape index (κ2) is 11.1. The highest BCUT2D eigenvalue weighted by atomic mass is 32.1. The van der Waals surface area contributed by atoms with E-state index in [1.165, 1.54) is 11.3 Å². The minimum atomic E-state index is -0.0138. The van der Waals surface area contributed by atoms with Gasteiger partial charge >= 0.3 is 0 Å². The van der Waals surface area contributed by atoms with Crippen molar-refractivity contribution in [2.45, 2.75) is 19.9 Å². The molecule has 0 radical (unpaired) electrons. The Balaban J connectivity index is 1.71. The Hall–Kier alpha value is -2.54. The molecule has 140 valence electrons. The second-order valence-corrected chi connectivity index (χ2v) is 6.50. The number of ether oxygens (including phenoxy) is 1. The molecule has 0 saturated heterocycles. The van der Waals surface area contributed by atoms with Gasteiger partial charge < -0.3 is 20.7 Å². The number of carbonyl (C=O) groups excluding carboxylic acids is 1. The maximum Gasteiger partial charge on any atom is 0.261 e. The van der Waals surface area contributed by atoms with Crippen molar-refractivity contribution in [2.75, 3.05) is 26.7 Å². The summed E-state index contributed by atoms with van der Waals surface area (Å²) in [7, 11) is 1.66. The van der Waals surface area contributed by atoms with Crippen molar-refractivity contribution in [3.63, 3.8) is 0 Å². The zero-order valence-electron chi connectivity index (χ0n) is 15.2. The average molecular weight is 375 g/mol. The van der Waals surface area contributed by atoms with Crippen molar-refractivity contribution in [3.8, 4) is 5.75 Å². The van der Waals surface area contributed by atoms with Gasteiger partial charge in [-0.15, -0.1) is 11.3 Å². The molecule has 0 unspecified atom stereocenters. The minimum absolute atomic E-state index is 0.0138. The lowest BCUT2D eigenvalue weighted by Gasteiger charge is -2.11. The minimum Gasteiger partial charge on any atom is -0.497 e. The Bertz CT molecular complexity index is 684. The highest BCUT2D eigenvalue weighted by Gasteiger charge is 2.04. The molecule has 1 aromatic heterocycles. The molecule has 1 heterocycles. The SMILES string of the molecule is CCNC(=NCc1ccc(OC)cc1)NCCCNC(=O)c1cccs1. The van der Waals surface area contributed by atoms with Gasteiger partial charge in [0.25, 0.3) is 5.91 Å². The third-order valence-electron chi connectivity index (χ3n) is 3.60. The van der Waals surface area contributed by atoms with Crippen LogP contribution in [0.5, 0.6) is 5.75 Å². The largest absolute Gasteiger partial charge is 0.497 e. The summed E-state index contributed by atoms with van der Waals surface area (Å²) in [5, 5.41) is 11.3. The van der Waals surface area contributed by atoms with Crippen LogP contribution in [0.15, 0.2) is 46.8 Å². The van der Waals surface area contributed by atoms with Gasteiger partial charge in [-0.1, -0.05) is 18.2 Å². The van der Waals surface area contributed by atoms with Crippen molar-refractivity contribution in [1.29, 1.82) is 0 Å². The lowest BCUT2D eigenvalue weighted by molar-refractivity contribution is 0.0957. The Morgan fingerprint density at radius 2 is 1.88 bits per heavy atom. The normalized spacial score (nSPS) is 11.1. The summed E-state index contributed by atoms with van der Waals surface area (Å²) >= 11 is 1.45. The van der Waals surface area contributed by atoms with Crippen molar-refractivity contribution in [1.82, 2.24) is 16.0 Å². The molecule has 7 heteroatoms. The third kappa shape index (κ3) is 6.76. The Morgan fingerprint density at radius 3 is 2.54 bits per heavy atom. The summed E-state index contributed by atoms with van der Waals surface area (Å²) in [5.74, 6) is 1.60. The van der Waals surface area contributed by atoms with Crippen LogP contribution < -0.4 is 20.7 Å². The number of benzene rings is 1. The van der Waals surface area contributed by atoms with Crippen molar-refractivity contribution >= 4 is 23.2 Å². The molecule has 0 aliphatic carbocycles. The van der Waals surface area contributed by atoms with Gasteiger partial charge in [0.1, 0.15) is 5.75 Å². The van der Waals surface area contributed by atoms with E-state index in [9.17, 15) is 4.79 Å². The van der Waals surface area contributed by atoms with Crippen molar-refractivity contribution in [3.05, 3.63) is 52.2 Å². The van der Waals surface area contributed by atoms with Crippen LogP contribution in [0.1, 0.15) is 28.6 Å². The number of hydrogen-bond acceptors (Lipinski definition) is 4. The van der Waals surface area contributed by atoms with E-state index in [0.29, 0.717) is 13.1 Å². The van der Waals surface area contributed by atoms with Crippen LogP contribution >= 0.6 is 11.3 Å². The molecule has 0 fully saturated rings. The van der Waals surface area contributed by atoms with Gasteiger partial charge in [-0.3, -0.25) is 4.79 Å². The number of aliphatic imine (C=N–C) groups is 1. The van der Waals surface area contributed by atoms with E-state index < -0.39 is 0 Å². The Morgan fingerprint density at radius 1 is 1.12 bits per heavy atom. The quantitative estimate of drug-likeness (QED) is 0.358. The van der Waals surface area contributed by atoms with Gasteiger partial charge in [0, 0.05) is 19.6 Å². The second-order valence-electron chi connectivity index (χ2n) is 5.56. The van der Waals surface area contributed by atoms with E-state index >= 15 is 0 Å². The first-order chi connectivity index (χ1) is 12.7. The average Bonchev–Trinajstić information content (AvgIpc) is 3.21. The van der Waals surface area contributed by atoms with Crippen LogP contribution in [0.25, 0.3) is 0 Å². The molecule has 3 N–H and O–H groups in total. The highest BCUT2D eigenvalue weighted by molar-refractivity contribution is 7.12. The molecule has 0 spiro atoms. The topological polar surface area (TPSA) is 74.8 Å². The van der Waals surface area contributed by atoms with Crippen LogP contribution in [-0.4, -0.2) is 38.6 Å². The van der Waals surface area contributed by atoms with Crippen molar-refractivity contribution in [2.24, 2.45) is 4.99 Å². The maximum absolute atomic E-state index is 11.8. The third-order valence-corrected chi connectivity index (χ3v) is 4.47. The predicted molar refractivity (Wildman–Crippen MR) is 107 cm³/mol. The van der Waals surface area contributed by atoms with Crippen LogP contribution in [0.2, 0.25) is 0 Å². The van der Waals surface area contributed by atoms with Gasteiger partial charge in [0.05, 0.1) is 18.5 Å². The van der Waals surface area contributed by atoms with E-state index in [4.69, 9.17) is 4.74 Å². The first-order valence-electron chi connectivity index (χ1n) is 8.69. The molecule has 2 aromatic rings. The van der Waals surface area contributed by atoms with Gasteiger partial charge in [-0.05, 0) is 42.5 Å². The van der Waals surface area contributed by atoms with Gasteiger partial charge in [-0.25, -0.2) is 4.99 Å². The standard InChI is InChI=1S/C19H26N4O2S/c1-3-20-19(23-14-15-7-9-16(25-2)10-8-15)22-12-5-11-21-18(24)17-6-4-13-26-17/h4,6-10,13H,3,5,11-12,14H2,1-2H3,(H,21,24)(H2,20,22,23). The molecular weight excluding hydrogens is 348 g/mol. The molecule has 26 heavy (non-hydrogen) atoms. The molecule has 0 bridgehead atoms. The fourth-order valence-corrected chi connectivity index (χ4v) is 2.88. The van der Waals surface area contributed by atoms with E-state index in [1.54, 1.807) is 7.11 Å². The van der Waals surface area contributed by atoms with Crippen LogP contribution in [0.4, 0.5) is 0 Å². The van der Waals surface area contributed by atoms with Gasteiger partial charge in [0.15, 0.2) is 5.96 Å². The summed E-state index contributed by atoms with van der Waals surface area (Å²) in [6.07, 6.45) is 0.823. The molecular formula is C19H26N4O2S. The first-order valence-corrected chi connectivity index (χ1v) is 9.57. The maximum atomic E-state index is 11.8. The Kier molecular flexibility index (Phi) is 8.48. The molecule has 1 amide bonds. The summed E-state index contributed by atoms with van der Waals surface area (Å²) in [5.41, 5.74) is 1.12. The fraction of sp³-hybridized carbons (Fsp3) is 0.368. The van der Waals surface area contributed by atoms with Gasteiger partial charge in [-0.2, -0.15) is 0 Å².